The average Bonchev–Trinajstić information content (AvgIpc) is 2.45. The van der Waals surface area contributed by atoms with E-state index >= 15 is 0 Å². The van der Waals surface area contributed by atoms with Crippen molar-refractivity contribution in [3.05, 3.63) is 29.3 Å². The van der Waals surface area contributed by atoms with E-state index in [-0.39, 0.29) is 29.0 Å². The zero-order chi connectivity index (χ0) is 14.3. The SMILES string of the molecule is NC1C2CCCOC2C1NS(=O)(=O)c1ccc(Cl)cc1. The third kappa shape index (κ3) is 2.46. The number of hydrogen-bond donors (Lipinski definition) is 2. The highest BCUT2D eigenvalue weighted by molar-refractivity contribution is 7.89. The molecular formula is C13H17ClN2O3S. The molecule has 3 N–H and O–H groups in total. The number of benzene rings is 1. The van der Waals surface area contributed by atoms with Gasteiger partial charge in [0.05, 0.1) is 17.0 Å². The van der Waals surface area contributed by atoms with Crippen LogP contribution >= 0.6 is 11.6 Å². The summed E-state index contributed by atoms with van der Waals surface area (Å²) in [7, 11) is -3.59. The molecule has 4 atom stereocenters. The Morgan fingerprint density at radius 2 is 2.00 bits per heavy atom. The van der Waals surface area contributed by atoms with Crippen LogP contribution in [0.5, 0.6) is 0 Å². The number of ether oxygens (including phenoxy) is 1. The first-order valence-corrected chi connectivity index (χ1v) is 8.50. The van der Waals surface area contributed by atoms with Gasteiger partial charge < -0.3 is 10.5 Å². The minimum absolute atomic E-state index is 0.0965. The Bertz CT molecular complexity index is 590. The summed E-state index contributed by atoms with van der Waals surface area (Å²) in [5, 5.41) is 0.500. The number of rotatable bonds is 3. The van der Waals surface area contributed by atoms with Crippen molar-refractivity contribution in [3.63, 3.8) is 0 Å². The zero-order valence-electron chi connectivity index (χ0n) is 10.8. The standard InChI is InChI=1S/C13H17ClN2O3S/c14-8-3-5-9(6-4-8)20(17,18)16-12-11(15)10-2-1-7-19-13(10)12/h3-6,10-13,16H,1-2,7,15H2. The maximum atomic E-state index is 12.3. The molecule has 2 aliphatic rings. The number of halogens is 1. The lowest BCUT2D eigenvalue weighted by atomic mass is 9.69. The number of nitrogens with two attached hydrogens (primary N) is 1. The third-order valence-corrected chi connectivity index (χ3v) is 5.82. The largest absolute Gasteiger partial charge is 0.376 e. The number of sulfonamides is 1. The molecule has 5 nitrogen and oxygen atoms in total. The molecule has 1 aromatic rings. The van der Waals surface area contributed by atoms with Crippen molar-refractivity contribution in [2.45, 2.75) is 35.9 Å². The van der Waals surface area contributed by atoms with Crippen LogP contribution in [0.15, 0.2) is 29.2 Å². The van der Waals surface area contributed by atoms with Crippen LogP contribution in [-0.2, 0) is 14.8 Å². The van der Waals surface area contributed by atoms with E-state index in [1.165, 1.54) is 12.1 Å². The Hall–Kier alpha value is -0.660. The molecule has 0 amide bonds. The second-order valence-corrected chi connectivity index (χ2v) is 7.47. The molecule has 1 heterocycles. The van der Waals surface area contributed by atoms with Crippen LogP contribution in [0.3, 0.4) is 0 Å². The van der Waals surface area contributed by atoms with Crippen LogP contribution < -0.4 is 10.5 Å². The van der Waals surface area contributed by atoms with Gasteiger partial charge in [-0.2, -0.15) is 0 Å². The summed E-state index contributed by atoms with van der Waals surface area (Å²) in [4.78, 5) is 0.188. The van der Waals surface area contributed by atoms with Gasteiger partial charge in [0.25, 0.3) is 0 Å². The van der Waals surface area contributed by atoms with Crippen molar-refractivity contribution in [3.8, 4) is 0 Å². The first-order valence-electron chi connectivity index (χ1n) is 6.64. The molecule has 1 saturated heterocycles. The molecule has 110 valence electrons. The van der Waals surface area contributed by atoms with E-state index in [9.17, 15) is 8.42 Å². The van der Waals surface area contributed by atoms with E-state index in [1.54, 1.807) is 12.1 Å². The van der Waals surface area contributed by atoms with Crippen LogP contribution in [-0.4, -0.2) is 33.2 Å². The first kappa shape index (κ1) is 14.3. The van der Waals surface area contributed by atoms with Crippen LogP contribution in [0.25, 0.3) is 0 Å². The summed E-state index contributed by atoms with van der Waals surface area (Å²) in [6.45, 7) is 0.674. The maximum absolute atomic E-state index is 12.3. The molecule has 1 aromatic carbocycles. The van der Waals surface area contributed by atoms with E-state index in [0.29, 0.717) is 11.6 Å². The predicted molar refractivity (Wildman–Crippen MR) is 76.0 cm³/mol. The van der Waals surface area contributed by atoms with Crippen molar-refractivity contribution in [1.82, 2.24) is 4.72 Å². The quantitative estimate of drug-likeness (QED) is 0.875. The molecular weight excluding hydrogens is 300 g/mol. The second-order valence-electron chi connectivity index (χ2n) is 5.32. The van der Waals surface area contributed by atoms with Gasteiger partial charge in [-0.1, -0.05) is 11.6 Å². The van der Waals surface area contributed by atoms with Crippen LogP contribution in [0.4, 0.5) is 0 Å². The van der Waals surface area contributed by atoms with Crippen LogP contribution in [0.1, 0.15) is 12.8 Å². The Morgan fingerprint density at radius 1 is 1.30 bits per heavy atom. The van der Waals surface area contributed by atoms with Crippen molar-refractivity contribution >= 4 is 21.6 Å². The van der Waals surface area contributed by atoms with Gasteiger partial charge in [-0.3, -0.25) is 0 Å². The van der Waals surface area contributed by atoms with Crippen molar-refractivity contribution in [1.29, 1.82) is 0 Å². The minimum atomic E-state index is -3.59. The fourth-order valence-corrected chi connectivity index (χ4v) is 4.36. The third-order valence-electron chi connectivity index (χ3n) is 4.09. The fraction of sp³-hybridized carbons (Fsp3) is 0.538. The minimum Gasteiger partial charge on any atom is -0.376 e. The molecule has 0 radical (unpaired) electrons. The first-order chi connectivity index (χ1) is 9.49. The van der Waals surface area contributed by atoms with Gasteiger partial charge in [0.1, 0.15) is 0 Å². The van der Waals surface area contributed by atoms with Crippen LogP contribution in [0, 0.1) is 5.92 Å². The van der Waals surface area contributed by atoms with Crippen molar-refractivity contribution in [2.24, 2.45) is 11.7 Å². The Balaban J connectivity index is 1.75. The van der Waals surface area contributed by atoms with Gasteiger partial charge >= 0.3 is 0 Å². The summed E-state index contributed by atoms with van der Waals surface area (Å²) in [5.41, 5.74) is 6.06. The topological polar surface area (TPSA) is 81.4 Å². The molecule has 0 spiro atoms. The zero-order valence-corrected chi connectivity index (χ0v) is 12.4. The highest BCUT2D eigenvalue weighted by atomic mass is 35.5. The number of hydrogen-bond acceptors (Lipinski definition) is 4. The van der Waals surface area contributed by atoms with Crippen molar-refractivity contribution in [2.75, 3.05) is 6.61 Å². The van der Waals surface area contributed by atoms with Gasteiger partial charge in [-0.15, -0.1) is 0 Å². The number of nitrogens with one attached hydrogen (secondary N) is 1. The normalized spacial score (nSPS) is 33.3. The summed E-state index contributed by atoms with van der Waals surface area (Å²) in [6.07, 6.45) is 1.90. The van der Waals surface area contributed by atoms with E-state index in [1.807, 2.05) is 0 Å². The van der Waals surface area contributed by atoms with E-state index in [0.717, 1.165) is 12.8 Å². The molecule has 4 unspecified atom stereocenters. The Labute approximate surface area is 123 Å². The summed E-state index contributed by atoms with van der Waals surface area (Å²) < 4.78 is 32.9. The van der Waals surface area contributed by atoms with Gasteiger partial charge in [0.2, 0.25) is 10.0 Å². The molecule has 7 heteroatoms. The summed E-state index contributed by atoms with van der Waals surface area (Å²) in [5.74, 6) is 0.265. The Kier molecular flexibility index (Phi) is 3.77. The molecule has 1 saturated carbocycles. The molecule has 0 aromatic heterocycles. The fourth-order valence-electron chi connectivity index (χ4n) is 2.95. The summed E-state index contributed by atoms with van der Waals surface area (Å²) in [6, 6.07) is 5.54. The Morgan fingerprint density at radius 3 is 2.70 bits per heavy atom. The highest BCUT2D eigenvalue weighted by Gasteiger charge is 2.51. The highest BCUT2D eigenvalue weighted by Crippen LogP contribution is 2.37. The van der Waals surface area contributed by atoms with Gasteiger partial charge in [-0.05, 0) is 37.1 Å². The molecule has 20 heavy (non-hydrogen) atoms. The molecule has 3 rings (SSSR count). The number of fused-ring (bicyclic) bond motifs is 1. The second kappa shape index (κ2) is 5.27. The lowest BCUT2D eigenvalue weighted by molar-refractivity contribution is -0.114. The lowest BCUT2D eigenvalue weighted by Crippen LogP contribution is -2.71. The average molecular weight is 317 g/mol. The van der Waals surface area contributed by atoms with Crippen LogP contribution in [0.2, 0.25) is 5.02 Å². The van der Waals surface area contributed by atoms with Gasteiger partial charge in [-0.25, -0.2) is 13.1 Å². The van der Waals surface area contributed by atoms with E-state index in [2.05, 4.69) is 4.72 Å². The monoisotopic (exact) mass is 316 g/mol. The van der Waals surface area contributed by atoms with E-state index < -0.39 is 10.0 Å². The molecule has 1 aliphatic carbocycles. The predicted octanol–water partition coefficient (Wildman–Crippen LogP) is 1.12. The lowest BCUT2D eigenvalue weighted by Gasteiger charge is -2.52. The van der Waals surface area contributed by atoms with Crippen molar-refractivity contribution < 1.29 is 13.2 Å². The molecule has 1 aliphatic heterocycles. The molecule has 2 fully saturated rings. The molecule has 0 bridgehead atoms. The smallest absolute Gasteiger partial charge is 0.240 e. The maximum Gasteiger partial charge on any atom is 0.240 e. The summed E-state index contributed by atoms with van der Waals surface area (Å²) >= 11 is 5.77. The van der Waals surface area contributed by atoms with Gasteiger partial charge in [0.15, 0.2) is 0 Å². The van der Waals surface area contributed by atoms with Gasteiger partial charge in [0, 0.05) is 23.6 Å². The van der Waals surface area contributed by atoms with E-state index in [4.69, 9.17) is 22.1 Å².